The molecular formula is C24H37ClN2O. The molecule has 1 N–H and O–H groups in total. The second kappa shape index (κ2) is 9.47. The third-order valence-corrected chi connectivity index (χ3v) is 7.76. The van der Waals surface area contributed by atoms with Gasteiger partial charge in [0.2, 0.25) is 0 Å². The summed E-state index contributed by atoms with van der Waals surface area (Å²) in [5.74, 6) is 0.165. The lowest BCUT2D eigenvalue weighted by Gasteiger charge is -2.44. The first-order chi connectivity index (χ1) is 13.6. The zero-order valence-corrected chi connectivity index (χ0v) is 18.0. The van der Waals surface area contributed by atoms with E-state index in [-0.39, 0.29) is 5.92 Å². The van der Waals surface area contributed by atoms with Crippen LogP contribution in [0.1, 0.15) is 75.7 Å². The van der Waals surface area contributed by atoms with Gasteiger partial charge in [-0.3, -0.25) is 0 Å². The van der Waals surface area contributed by atoms with Gasteiger partial charge in [-0.05, 0) is 82.4 Å². The van der Waals surface area contributed by atoms with Crippen LogP contribution in [0.4, 0.5) is 0 Å². The number of likely N-dealkylation sites (tertiary alicyclic amines) is 2. The quantitative estimate of drug-likeness (QED) is 0.742. The second-order valence-corrected chi connectivity index (χ2v) is 9.84. The van der Waals surface area contributed by atoms with E-state index in [1.165, 1.54) is 57.2 Å². The van der Waals surface area contributed by atoms with Crippen molar-refractivity contribution in [3.63, 3.8) is 0 Å². The lowest BCUT2D eigenvalue weighted by molar-refractivity contribution is -0.0343. The fraction of sp³-hybridized carbons (Fsp3) is 0.750. The van der Waals surface area contributed by atoms with Gasteiger partial charge in [0, 0.05) is 23.5 Å². The molecule has 3 aliphatic rings. The van der Waals surface area contributed by atoms with E-state index in [9.17, 15) is 5.11 Å². The minimum Gasteiger partial charge on any atom is -0.389 e. The third-order valence-electron chi connectivity index (χ3n) is 7.52. The van der Waals surface area contributed by atoms with Crippen LogP contribution >= 0.6 is 11.6 Å². The van der Waals surface area contributed by atoms with E-state index in [0.29, 0.717) is 0 Å². The standard InChI is InChI=1S/C24H37ClN2O/c25-21-9-7-8-20(18-21)23(24(28)12-3-1-4-13-24)19-26-16-10-22(11-17-26)27-14-5-2-6-15-27/h7-9,18,22-23,28H,1-6,10-17,19H2. The molecule has 0 spiro atoms. The maximum atomic E-state index is 11.6. The topological polar surface area (TPSA) is 26.7 Å². The van der Waals surface area contributed by atoms with E-state index in [0.717, 1.165) is 56.4 Å². The van der Waals surface area contributed by atoms with E-state index >= 15 is 0 Å². The first-order valence-electron chi connectivity index (χ1n) is 11.6. The molecule has 1 unspecified atom stereocenters. The van der Waals surface area contributed by atoms with Gasteiger partial charge in [-0.15, -0.1) is 0 Å². The summed E-state index contributed by atoms with van der Waals surface area (Å²) in [5.41, 5.74) is 0.641. The van der Waals surface area contributed by atoms with Gasteiger partial charge < -0.3 is 14.9 Å². The van der Waals surface area contributed by atoms with Gasteiger partial charge >= 0.3 is 0 Å². The van der Waals surface area contributed by atoms with Gasteiger partial charge in [-0.1, -0.05) is 49.4 Å². The van der Waals surface area contributed by atoms with Gasteiger partial charge in [0.05, 0.1) is 5.60 Å². The second-order valence-electron chi connectivity index (χ2n) is 9.40. The zero-order chi connectivity index (χ0) is 19.4. The minimum absolute atomic E-state index is 0.165. The smallest absolute Gasteiger partial charge is 0.0728 e. The maximum Gasteiger partial charge on any atom is 0.0728 e. The Labute approximate surface area is 176 Å². The maximum absolute atomic E-state index is 11.6. The highest BCUT2D eigenvalue weighted by Gasteiger charge is 2.40. The number of benzene rings is 1. The summed E-state index contributed by atoms with van der Waals surface area (Å²) in [5, 5.41) is 12.4. The Hall–Kier alpha value is -0.610. The zero-order valence-electron chi connectivity index (χ0n) is 17.3. The lowest BCUT2D eigenvalue weighted by atomic mass is 9.72. The molecule has 4 heteroatoms. The molecule has 1 atom stereocenters. The number of halogens is 1. The molecule has 1 saturated carbocycles. The fourth-order valence-corrected chi connectivity index (χ4v) is 6.03. The van der Waals surface area contributed by atoms with Crippen LogP contribution in [-0.2, 0) is 0 Å². The van der Waals surface area contributed by atoms with Crippen molar-refractivity contribution in [2.45, 2.75) is 81.8 Å². The molecule has 0 bridgehead atoms. The summed E-state index contributed by atoms with van der Waals surface area (Å²) >= 11 is 6.32. The Morgan fingerprint density at radius 2 is 1.64 bits per heavy atom. The third kappa shape index (κ3) is 4.92. The van der Waals surface area contributed by atoms with E-state index in [4.69, 9.17) is 11.6 Å². The van der Waals surface area contributed by atoms with E-state index in [1.54, 1.807) is 0 Å². The summed E-state index contributed by atoms with van der Waals surface area (Å²) < 4.78 is 0. The van der Waals surface area contributed by atoms with Crippen molar-refractivity contribution in [3.8, 4) is 0 Å². The van der Waals surface area contributed by atoms with Crippen LogP contribution < -0.4 is 0 Å². The first kappa shape index (κ1) is 20.7. The van der Waals surface area contributed by atoms with Crippen molar-refractivity contribution >= 4 is 11.6 Å². The highest BCUT2D eigenvalue weighted by atomic mass is 35.5. The summed E-state index contributed by atoms with van der Waals surface area (Å²) in [6, 6.07) is 9.01. The Morgan fingerprint density at radius 3 is 2.32 bits per heavy atom. The number of rotatable bonds is 5. The van der Waals surface area contributed by atoms with Gasteiger partial charge in [0.1, 0.15) is 0 Å². The van der Waals surface area contributed by atoms with Crippen molar-refractivity contribution in [2.75, 3.05) is 32.7 Å². The highest BCUT2D eigenvalue weighted by molar-refractivity contribution is 6.30. The van der Waals surface area contributed by atoms with Gasteiger partial charge in [0.15, 0.2) is 0 Å². The van der Waals surface area contributed by atoms with E-state index in [1.807, 2.05) is 12.1 Å². The molecule has 2 saturated heterocycles. The van der Waals surface area contributed by atoms with Crippen LogP contribution in [-0.4, -0.2) is 59.3 Å². The Balaban J connectivity index is 1.43. The van der Waals surface area contributed by atoms with Crippen molar-refractivity contribution in [1.29, 1.82) is 0 Å². The monoisotopic (exact) mass is 404 g/mol. The number of hydrogen-bond donors (Lipinski definition) is 1. The predicted molar refractivity (Wildman–Crippen MR) is 117 cm³/mol. The van der Waals surface area contributed by atoms with Crippen LogP contribution in [0, 0.1) is 0 Å². The highest BCUT2D eigenvalue weighted by Crippen LogP contribution is 2.41. The molecular weight excluding hydrogens is 368 g/mol. The summed E-state index contributed by atoms with van der Waals surface area (Å²) in [4.78, 5) is 5.35. The van der Waals surface area contributed by atoms with E-state index in [2.05, 4.69) is 21.9 Å². The van der Waals surface area contributed by atoms with Crippen molar-refractivity contribution in [3.05, 3.63) is 34.9 Å². The van der Waals surface area contributed by atoms with Crippen LogP contribution in [0.15, 0.2) is 24.3 Å². The molecule has 0 radical (unpaired) electrons. The lowest BCUT2D eigenvalue weighted by Crippen LogP contribution is -2.50. The molecule has 2 aliphatic heterocycles. The fourth-order valence-electron chi connectivity index (χ4n) is 5.83. The molecule has 3 fully saturated rings. The molecule has 3 nitrogen and oxygen atoms in total. The number of hydrogen-bond acceptors (Lipinski definition) is 3. The number of nitrogens with zero attached hydrogens (tertiary/aromatic N) is 2. The number of piperidine rings is 2. The van der Waals surface area contributed by atoms with Crippen LogP contribution in [0.3, 0.4) is 0 Å². The van der Waals surface area contributed by atoms with Gasteiger partial charge in [-0.2, -0.15) is 0 Å². The average Bonchev–Trinajstić information content (AvgIpc) is 2.73. The average molecular weight is 405 g/mol. The summed E-state index contributed by atoms with van der Waals surface area (Å²) in [6.45, 7) is 5.89. The summed E-state index contributed by atoms with van der Waals surface area (Å²) in [7, 11) is 0. The molecule has 156 valence electrons. The Bertz CT molecular complexity index is 617. The van der Waals surface area contributed by atoms with Crippen molar-refractivity contribution in [2.24, 2.45) is 0 Å². The molecule has 4 rings (SSSR count). The largest absolute Gasteiger partial charge is 0.389 e. The van der Waals surface area contributed by atoms with Gasteiger partial charge in [0.25, 0.3) is 0 Å². The Kier molecular flexibility index (Phi) is 6.98. The van der Waals surface area contributed by atoms with Crippen molar-refractivity contribution < 1.29 is 5.11 Å². The van der Waals surface area contributed by atoms with Gasteiger partial charge in [-0.25, -0.2) is 0 Å². The minimum atomic E-state index is -0.577. The number of aliphatic hydroxyl groups is 1. The molecule has 1 aromatic carbocycles. The van der Waals surface area contributed by atoms with Crippen LogP contribution in [0.5, 0.6) is 0 Å². The van der Waals surface area contributed by atoms with Crippen molar-refractivity contribution in [1.82, 2.24) is 9.80 Å². The molecule has 0 aromatic heterocycles. The normalized spacial score (nSPS) is 26.2. The predicted octanol–water partition coefficient (Wildman–Crippen LogP) is 5.07. The SMILES string of the molecule is OC1(C(CN2CCC(N3CCCCC3)CC2)c2cccc(Cl)c2)CCCCC1. The van der Waals surface area contributed by atoms with Crippen LogP contribution in [0.2, 0.25) is 5.02 Å². The van der Waals surface area contributed by atoms with E-state index < -0.39 is 5.60 Å². The first-order valence-corrected chi connectivity index (χ1v) is 12.0. The molecule has 2 heterocycles. The summed E-state index contributed by atoms with van der Waals surface area (Å²) in [6.07, 6.45) is 12.1. The molecule has 0 amide bonds. The van der Waals surface area contributed by atoms with Crippen LogP contribution in [0.25, 0.3) is 0 Å². The Morgan fingerprint density at radius 1 is 0.964 bits per heavy atom. The molecule has 1 aliphatic carbocycles. The molecule has 1 aromatic rings. The molecule has 28 heavy (non-hydrogen) atoms.